The highest BCUT2D eigenvalue weighted by Gasteiger charge is 2.13. The van der Waals surface area contributed by atoms with Crippen molar-refractivity contribution in [3.05, 3.63) is 59.8 Å². The number of rotatable bonds is 3. The Kier molecular flexibility index (Phi) is 4.37. The Bertz CT molecular complexity index is 1060. The quantitative estimate of drug-likeness (QED) is 0.551. The molecule has 2 aromatic carbocycles. The second-order valence-corrected chi connectivity index (χ2v) is 7.15. The first kappa shape index (κ1) is 16.8. The van der Waals surface area contributed by atoms with Crippen molar-refractivity contribution >= 4 is 32.8 Å². The number of fused-ring (bicyclic) bond motifs is 1. The van der Waals surface area contributed by atoms with Gasteiger partial charge in [0.2, 0.25) is 11.9 Å². The molecule has 7 nitrogen and oxygen atoms in total. The summed E-state index contributed by atoms with van der Waals surface area (Å²) in [5.74, 6) is -0.104. The Labute approximate surface area is 145 Å². The van der Waals surface area contributed by atoms with E-state index in [9.17, 15) is 8.42 Å². The van der Waals surface area contributed by atoms with Gasteiger partial charge in [-0.3, -0.25) is 5.32 Å². The summed E-state index contributed by atoms with van der Waals surface area (Å²) in [6, 6.07) is 13.7. The van der Waals surface area contributed by atoms with Gasteiger partial charge in [0.05, 0.1) is 16.1 Å². The summed E-state index contributed by atoms with van der Waals surface area (Å²) in [7, 11) is -3.89. The van der Waals surface area contributed by atoms with E-state index in [1.807, 2.05) is 32.0 Å². The summed E-state index contributed by atoms with van der Waals surface area (Å²) >= 11 is 0. The highest BCUT2D eigenvalue weighted by atomic mass is 32.2. The van der Waals surface area contributed by atoms with Crippen molar-refractivity contribution < 1.29 is 8.42 Å². The Morgan fingerprint density at radius 3 is 2.52 bits per heavy atom. The molecule has 0 atom stereocenters. The lowest BCUT2D eigenvalue weighted by Gasteiger charge is -2.08. The first-order valence-corrected chi connectivity index (χ1v) is 8.97. The van der Waals surface area contributed by atoms with E-state index in [2.05, 4.69) is 19.7 Å². The normalized spacial score (nSPS) is 12.3. The van der Waals surface area contributed by atoms with Crippen LogP contribution in [0.5, 0.6) is 0 Å². The lowest BCUT2D eigenvalue weighted by atomic mass is 10.1. The van der Waals surface area contributed by atoms with Crippen LogP contribution in [-0.2, 0) is 10.0 Å². The SMILES string of the molecule is Cc1ccc2nc(N/C(N)=N/S(=O)(=O)c3ccccc3)nc(C)c2c1. The smallest absolute Gasteiger partial charge is 0.285 e. The minimum atomic E-state index is -3.89. The van der Waals surface area contributed by atoms with Crippen molar-refractivity contribution in [1.82, 2.24) is 9.97 Å². The number of anilines is 1. The molecule has 3 rings (SSSR count). The fraction of sp³-hybridized carbons (Fsp3) is 0.118. The van der Waals surface area contributed by atoms with Crippen LogP contribution in [0.15, 0.2) is 57.8 Å². The molecule has 1 aromatic heterocycles. The van der Waals surface area contributed by atoms with Crippen LogP contribution in [0.2, 0.25) is 0 Å². The summed E-state index contributed by atoms with van der Waals surface area (Å²) in [4.78, 5) is 8.71. The third kappa shape index (κ3) is 3.74. The fourth-order valence-corrected chi connectivity index (χ4v) is 3.27. The number of hydrogen-bond acceptors (Lipinski definition) is 4. The molecule has 0 aliphatic rings. The van der Waals surface area contributed by atoms with Gasteiger partial charge in [0.15, 0.2) is 0 Å². The molecule has 3 N–H and O–H groups in total. The monoisotopic (exact) mass is 355 g/mol. The fourth-order valence-electron chi connectivity index (χ4n) is 2.36. The molecule has 0 aliphatic carbocycles. The molecule has 128 valence electrons. The van der Waals surface area contributed by atoms with Crippen LogP contribution in [0.25, 0.3) is 10.9 Å². The first-order valence-electron chi connectivity index (χ1n) is 7.53. The highest BCUT2D eigenvalue weighted by Crippen LogP contribution is 2.18. The van der Waals surface area contributed by atoms with Gasteiger partial charge < -0.3 is 5.73 Å². The molecule has 25 heavy (non-hydrogen) atoms. The Morgan fingerprint density at radius 1 is 1.08 bits per heavy atom. The van der Waals surface area contributed by atoms with Crippen LogP contribution in [0.3, 0.4) is 0 Å². The zero-order valence-electron chi connectivity index (χ0n) is 13.8. The van der Waals surface area contributed by atoms with Gasteiger partial charge in [-0.05, 0) is 38.1 Å². The number of guanidine groups is 1. The highest BCUT2D eigenvalue weighted by molar-refractivity contribution is 7.90. The Balaban J connectivity index is 1.92. The zero-order valence-corrected chi connectivity index (χ0v) is 14.6. The van der Waals surface area contributed by atoms with E-state index in [4.69, 9.17) is 5.73 Å². The number of nitrogens with zero attached hydrogens (tertiary/aromatic N) is 3. The molecule has 0 spiro atoms. The van der Waals surface area contributed by atoms with Crippen LogP contribution in [0.1, 0.15) is 11.3 Å². The van der Waals surface area contributed by atoms with Gasteiger partial charge in [-0.2, -0.15) is 8.42 Å². The van der Waals surface area contributed by atoms with E-state index in [0.717, 1.165) is 22.2 Å². The number of aryl methyl sites for hydroxylation is 2. The number of benzene rings is 2. The number of hydrogen-bond donors (Lipinski definition) is 2. The van der Waals surface area contributed by atoms with E-state index >= 15 is 0 Å². The second-order valence-electron chi connectivity index (χ2n) is 5.54. The minimum absolute atomic E-state index is 0.0610. The summed E-state index contributed by atoms with van der Waals surface area (Å²) in [6.45, 7) is 3.84. The summed E-state index contributed by atoms with van der Waals surface area (Å²) in [6.07, 6.45) is 0. The number of sulfonamides is 1. The molecule has 0 saturated heterocycles. The van der Waals surface area contributed by atoms with Crippen LogP contribution in [-0.4, -0.2) is 24.3 Å². The third-order valence-corrected chi connectivity index (χ3v) is 4.85. The number of nitrogens with two attached hydrogens (primary N) is 1. The summed E-state index contributed by atoms with van der Waals surface area (Å²) in [5, 5.41) is 3.57. The largest absolute Gasteiger partial charge is 0.369 e. The predicted molar refractivity (Wildman–Crippen MR) is 97.9 cm³/mol. The molecule has 0 fully saturated rings. The minimum Gasteiger partial charge on any atom is -0.369 e. The maximum absolute atomic E-state index is 12.2. The maximum atomic E-state index is 12.2. The zero-order chi connectivity index (χ0) is 18.0. The van der Waals surface area contributed by atoms with Gasteiger partial charge >= 0.3 is 0 Å². The third-order valence-electron chi connectivity index (χ3n) is 3.54. The molecule has 0 unspecified atom stereocenters. The molecular weight excluding hydrogens is 338 g/mol. The first-order chi connectivity index (χ1) is 11.8. The molecular formula is C17H17N5O2S. The average Bonchev–Trinajstić information content (AvgIpc) is 2.56. The van der Waals surface area contributed by atoms with E-state index in [0.29, 0.717) is 0 Å². The lowest BCUT2D eigenvalue weighted by molar-refractivity contribution is 0.598. The van der Waals surface area contributed by atoms with Crippen LogP contribution in [0.4, 0.5) is 5.95 Å². The lowest BCUT2D eigenvalue weighted by Crippen LogP contribution is -2.25. The van der Waals surface area contributed by atoms with Crippen molar-refractivity contribution in [3.8, 4) is 0 Å². The van der Waals surface area contributed by atoms with Crippen molar-refractivity contribution in [2.75, 3.05) is 5.32 Å². The Hall–Kier alpha value is -3.00. The number of aromatic nitrogens is 2. The van der Waals surface area contributed by atoms with Crippen molar-refractivity contribution in [3.63, 3.8) is 0 Å². The van der Waals surface area contributed by atoms with Gasteiger partial charge in [0.25, 0.3) is 10.0 Å². The molecule has 0 radical (unpaired) electrons. The van der Waals surface area contributed by atoms with Gasteiger partial charge in [0.1, 0.15) is 0 Å². The van der Waals surface area contributed by atoms with Gasteiger partial charge in [0, 0.05) is 5.39 Å². The molecule has 3 aromatic rings. The Morgan fingerprint density at radius 2 is 1.80 bits per heavy atom. The average molecular weight is 355 g/mol. The topological polar surface area (TPSA) is 110 Å². The molecule has 1 heterocycles. The van der Waals surface area contributed by atoms with Crippen LogP contribution in [0, 0.1) is 13.8 Å². The molecule has 0 amide bonds. The molecule has 8 heteroatoms. The van der Waals surface area contributed by atoms with Crippen LogP contribution >= 0.6 is 0 Å². The van der Waals surface area contributed by atoms with Crippen molar-refractivity contribution in [2.45, 2.75) is 18.7 Å². The summed E-state index contributed by atoms with van der Waals surface area (Å²) in [5.41, 5.74) is 8.33. The van der Waals surface area contributed by atoms with E-state index < -0.39 is 10.0 Å². The van der Waals surface area contributed by atoms with Crippen molar-refractivity contribution in [1.29, 1.82) is 0 Å². The molecule has 0 saturated carbocycles. The molecule has 0 aliphatic heterocycles. The maximum Gasteiger partial charge on any atom is 0.285 e. The second kappa shape index (κ2) is 6.48. The number of nitrogens with one attached hydrogen (secondary N) is 1. The van der Waals surface area contributed by atoms with E-state index in [1.165, 1.54) is 12.1 Å². The standard InChI is InChI=1S/C17H17N5O2S/c1-11-8-9-15-14(10-11)12(2)19-17(20-15)21-16(18)22-25(23,24)13-6-4-3-5-7-13/h3-10H,1-2H3,(H3,18,19,20,21,22). The van der Waals surface area contributed by atoms with Crippen molar-refractivity contribution in [2.24, 2.45) is 10.1 Å². The van der Waals surface area contributed by atoms with E-state index in [1.54, 1.807) is 18.2 Å². The summed E-state index contributed by atoms with van der Waals surface area (Å²) < 4.78 is 28.0. The van der Waals surface area contributed by atoms with Gasteiger partial charge in [-0.15, -0.1) is 4.40 Å². The predicted octanol–water partition coefficient (Wildman–Crippen LogP) is 2.36. The van der Waals surface area contributed by atoms with Gasteiger partial charge in [-0.1, -0.05) is 29.8 Å². The van der Waals surface area contributed by atoms with E-state index in [-0.39, 0.29) is 16.8 Å². The van der Waals surface area contributed by atoms with Gasteiger partial charge in [-0.25, -0.2) is 9.97 Å². The van der Waals surface area contributed by atoms with Crippen LogP contribution < -0.4 is 11.1 Å². The molecule has 0 bridgehead atoms.